The molecule has 1 aromatic heterocycles. The first kappa shape index (κ1) is 9.31. The molecule has 76 valence electrons. The van der Waals surface area contributed by atoms with Crippen LogP contribution in [0.25, 0.3) is 0 Å². The van der Waals surface area contributed by atoms with Gasteiger partial charge in [0.25, 0.3) is 0 Å². The van der Waals surface area contributed by atoms with Crippen molar-refractivity contribution in [2.45, 2.75) is 38.5 Å². The molecule has 0 amide bonds. The van der Waals surface area contributed by atoms with Crippen molar-refractivity contribution < 1.29 is 5.11 Å². The number of H-pyrrole nitrogens is 1. The van der Waals surface area contributed by atoms with E-state index in [0.29, 0.717) is 5.76 Å². The second kappa shape index (κ2) is 3.15. The van der Waals surface area contributed by atoms with E-state index in [-0.39, 0.29) is 5.41 Å². The minimum Gasteiger partial charge on any atom is -0.512 e. The van der Waals surface area contributed by atoms with Gasteiger partial charge in [0, 0.05) is 24.2 Å². The molecule has 0 saturated heterocycles. The Kier molecular flexibility index (Phi) is 2.10. The fourth-order valence-corrected chi connectivity index (χ4v) is 2.17. The molecule has 0 unspecified atom stereocenters. The summed E-state index contributed by atoms with van der Waals surface area (Å²) in [4.78, 5) is 7.44. The van der Waals surface area contributed by atoms with Crippen molar-refractivity contribution in [2.75, 3.05) is 0 Å². The van der Waals surface area contributed by atoms with E-state index < -0.39 is 0 Å². The summed E-state index contributed by atoms with van der Waals surface area (Å²) in [6.07, 6.45) is 6.48. The van der Waals surface area contributed by atoms with Gasteiger partial charge >= 0.3 is 0 Å². The van der Waals surface area contributed by atoms with Crippen molar-refractivity contribution in [2.24, 2.45) is 0 Å². The average Bonchev–Trinajstić information content (AvgIpc) is 2.67. The van der Waals surface area contributed by atoms with Crippen molar-refractivity contribution in [1.82, 2.24) is 9.97 Å². The molecule has 1 atom stereocenters. The summed E-state index contributed by atoms with van der Waals surface area (Å²) in [5, 5.41) is 9.75. The van der Waals surface area contributed by atoms with Gasteiger partial charge in [-0.25, -0.2) is 4.98 Å². The molecule has 1 aliphatic carbocycles. The maximum atomic E-state index is 9.75. The number of aromatic amines is 1. The van der Waals surface area contributed by atoms with Gasteiger partial charge < -0.3 is 10.1 Å². The maximum absolute atomic E-state index is 9.75. The Hall–Kier alpha value is -1.25. The predicted octanol–water partition coefficient (Wildman–Crippen LogP) is 2.68. The molecule has 3 nitrogen and oxygen atoms in total. The molecule has 1 aliphatic rings. The third-order valence-electron chi connectivity index (χ3n) is 3.37. The van der Waals surface area contributed by atoms with Gasteiger partial charge in [0.1, 0.15) is 5.82 Å². The lowest BCUT2D eigenvalue weighted by Gasteiger charge is -2.33. The molecule has 2 rings (SSSR count). The van der Waals surface area contributed by atoms with Crippen LogP contribution < -0.4 is 0 Å². The number of hydrogen-bond acceptors (Lipinski definition) is 2. The quantitative estimate of drug-likeness (QED) is 0.718. The summed E-state index contributed by atoms with van der Waals surface area (Å²) in [5.74, 6) is 1.50. The van der Waals surface area contributed by atoms with Crippen LogP contribution in [0.4, 0.5) is 0 Å². The van der Waals surface area contributed by atoms with Crippen LogP contribution in [0.3, 0.4) is 0 Å². The highest BCUT2D eigenvalue weighted by Gasteiger charge is 2.35. The number of aromatic nitrogens is 2. The van der Waals surface area contributed by atoms with Gasteiger partial charge in [0.15, 0.2) is 0 Å². The summed E-state index contributed by atoms with van der Waals surface area (Å²) in [5.41, 5.74) is 0.949. The SMILES string of the molecule is CC1=C(O)CCC[C@]1(C)c1ncc[nH]1. The van der Waals surface area contributed by atoms with Crippen LogP contribution in [0.2, 0.25) is 0 Å². The van der Waals surface area contributed by atoms with E-state index in [1.807, 2.05) is 13.1 Å². The molecule has 0 spiro atoms. The average molecular weight is 192 g/mol. The Morgan fingerprint density at radius 2 is 2.36 bits per heavy atom. The van der Waals surface area contributed by atoms with Crippen molar-refractivity contribution in [1.29, 1.82) is 0 Å². The molecule has 0 radical (unpaired) electrons. The minimum atomic E-state index is -0.105. The Morgan fingerprint density at radius 1 is 1.57 bits per heavy atom. The first-order chi connectivity index (χ1) is 6.64. The highest BCUT2D eigenvalue weighted by Crippen LogP contribution is 2.40. The Balaban J connectivity index is 2.45. The maximum Gasteiger partial charge on any atom is 0.116 e. The molecule has 1 aromatic rings. The smallest absolute Gasteiger partial charge is 0.116 e. The lowest BCUT2D eigenvalue weighted by molar-refractivity contribution is 0.315. The van der Waals surface area contributed by atoms with Crippen molar-refractivity contribution >= 4 is 0 Å². The third-order valence-corrected chi connectivity index (χ3v) is 3.37. The van der Waals surface area contributed by atoms with Crippen LogP contribution in [-0.4, -0.2) is 15.1 Å². The van der Waals surface area contributed by atoms with E-state index in [2.05, 4.69) is 16.9 Å². The molecule has 3 heteroatoms. The number of hydrogen-bond donors (Lipinski definition) is 2. The first-order valence-electron chi connectivity index (χ1n) is 5.03. The lowest BCUT2D eigenvalue weighted by Crippen LogP contribution is -2.29. The standard InChI is InChI=1S/C11H16N2O/c1-8-9(14)4-3-5-11(8,2)10-12-6-7-13-10/h6-7,14H,3-5H2,1-2H3,(H,12,13)/t11-/m0/s1. The summed E-state index contributed by atoms with van der Waals surface area (Å²) >= 11 is 0. The van der Waals surface area contributed by atoms with E-state index in [1.165, 1.54) is 0 Å². The van der Waals surface area contributed by atoms with E-state index in [4.69, 9.17) is 0 Å². The summed E-state index contributed by atoms with van der Waals surface area (Å²) in [6, 6.07) is 0. The normalized spacial score (nSPS) is 28.1. The fraction of sp³-hybridized carbons (Fsp3) is 0.545. The third kappa shape index (κ3) is 1.24. The largest absolute Gasteiger partial charge is 0.512 e. The molecule has 0 bridgehead atoms. The van der Waals surface area contributed by atoms with Crippen molar-refractivity contribution in [3.63, 3.8) is 0 Å². The van der Waals surface area contributed by atoms with E-state index in [0.717, 1.165) is 30.7 Å². The molecular weight excluding hydrogens is 176 g/mol. The van der Waals surface area contributed by atoms with Crippen LogP contribution >= 0.6 is 0 Å². The number of imidazole rings is 1. The molecule has 0 saturated carbocycles. The van der Waals surface area contributed by atoms with Crippen LogP contribution in [0, 0.1) is 0 Å². The van der Waals surface area contributed by atoms with Crippen LogP contribution in [0.5, 0.6) is 0 Å². The Bertz CT molecular complexity index is 353. The number of aliphatic hydroxyl groups excluding tert-OH is 1. The summed E-state index contributed by atoms with van der Waals surface area (Å²) in [7, 11) is 0. The molecule has 0 aromatic carbocycles. The minimum absolute atomic E-state index is 0.105. The molecular formula is C11H16N2O. The van der Waals surface area contributed by atoms with Gasteiger partial charge in [0.05, 0.1) is 5.76 Å². The summed E-state index contributed by atoms with van der Waals surface area (Å²) < 4.78 is 0. The number of rotatable bonds is 1. The number of nitrogens with zero attached hydrogens (tertiary/aromatic N) is 1. The van der Waals surface area contributed by atoms with Gasteiger partial charge in [-0.05, 0) is 32.3 Å². The van der Waals surface area contributed by atoms with Gasteiger partial charge in [-0.2, -0.15) is 0 Å². The van der Waals surface area contributed by atoms with Crippen LogP contribution in [-0.2, 0) is 5.41 Å². The second-order valence-electron chi connectivity index (χ2n) is 4.20. The van der Waals surface area contributed by atoms with Crippen molar-refractivity contribution in [3.8, 4) is 0 Å². The van der Waals surface area contributed by atoms with E-state index in [9.17, 15) is 5.11 Å². The Morgan fingerprint density at radius 3 is 3.00 bits per heavy atom. The molecule has 2 N–H and O–H groups in total. The number of nitrogens with one attached hydrogen (secondary N) is 1. The number of allylic oxidation sites excluding steroid dienone is 2. The zero-order chi connectivity index (χ0) is 10.2. The van der Waals surface area contributed by atoms with Crippen LogP contribution in [0.1, 0.15) is 38.9 Å². The molecule has 0 aliphatic heterocycles. The monoisotopic (exact) mass is 192 g/mol. The zero-order valence-electron chi connectivity index (χ0n) is 8.67. The molecule has 0 fully saturated rings. The Labute approximate surface area is 83.9 Å². The van der Waals surface area contributed by atoms with E-state index in [1.54, 1.807) is 6.20 Å². The van der Waals surface area contributed by atoms with Gasteiger partial charge in [0.2, 0.25) is 0 Å². The zero-order valence-corrected chi connectivity index (χ0v) is 8.67. The number of aliphatic hydroxyl groups is 1. The highest BCUT2D eigenvalue weighted by molar-refractivity contribution is 5.29. The topological polar surface area (TPSA) is 48.9 Å². The van der Waals surface area contributed by atoms with Crippen LogP contribution in [0.15, 0.2) is 23.7 Å². The van der Waals surface area contributed by atoms with Gasteiger partial charge in [-0.15, -0.1) is 0 Å². The molecule has 1 heterocycles. The first-order valence-corrected chi connectivity index (χ1v) is 5.03. The van der Waals surface area contributed by atoms with Crippen molar-refractivity contribution in [3.05, 3.63) is 29.6 Å². The predicted molar refractivity (Wildman–Crippen MR) is 55.1 cm³/mol. The second-order valence-corrected chi connectivity index (χ2v) is 4.20. The highest BCUT2D eigenvalue weighted by atomic mass is 16.3. The fourth-order valence-electron chi connectivity index (χ4n) is 2.17. The van der Waals surface area contributed by atoms with Gasteiger partial charge in [-0.1, -0.05) is 0 Å². The van der Waals surface area contributed by atoms with E-state index >= 15 is 0 Å². The lowest BCUT2D eigenvalue weighted by atomic mass is 9.73. The van der Waals surface area contributed by atoms with Gasteiger partial charge in [-0.3, -0.25) is 0 Å². The molecule has 14 heavy (non-hydrogen) atoms. The summed E-state index contributed by atoms with van der Waals surface area (Å²) in [6.45, 7) is 4.13.